The van der Waals surface area contributed by atoms with Gasteiger partial charge in [-0.1, -0.05) is 26.7 Å². The van der Waals surface area contributed by atoms with Crippen LogP contribution in [0.5, 0.6) is 0 Å². The van der Waals surface area contributed by atoms with Crippen molar-refractivity contribution in [3.8, 4) is 0 Å². The van der Waals surface area contributed by atoms with Gasteiger partial charge in [0.1, 0.15) is 0 Å². The van der Waals surface area contributed by atoms with E-state index in [2.05, 4.69) is 92.3 Å². The fraction of sp³-hybridized carbons (Fsp3) is 0.250. The second kappa shape index (κ2) is 9.43. The van der Waals surface area contributed by atoms with Gasteiger partial charge in [0.15, 0.2) is 0 Å². The summed E-state index contributed by atoms with van der Waals surface area (Å²) in [7, 11) is 0. The Hall–Kier alpha value is -0.507. The van der Waals surface area contributed by atoms with E-state index in [0.717, 1.165) is 0 Å². The molecule has 0 heterocycles. The number of unbranched alkanes of at least 4 members (excludes halogenated alkanes) is 1. The van der Waals surface area contributed by atoms with Crippen molar-refractivity contribution in [1.82, 2.24) is 0 Å². The van der Waals surface area contributed by atoms with Crippen molar-refractivity contribution in [3.05, 3.63) is 60.7 Å². The van der Waals surface area contributed by atoms with Crippen molar-refractivity contribution in [2.24, 2.45) is 0 Å². The zero-order valence-electron chi connectivity index (χ0n) is 11.0. The van der Waals surface area contributed by atoms with Gasteiger partial charge in [-0.15, -0.1) is 0 Å². The van der Waals surface area contributed by atoms with Crippen molar-refractivity contribution in [2.45, 2.75) is 26.7 Å². The molecule has 18 heavy (non-hydrogen) atoms. The molecule has 0 spiro atoms. The molecule has 0 amide bonds. The maximum atomic E-state index is 3.16. The van der Waals surface area contributed by atoms with Gasteiger partial charge >= 0.3 is 95.3 Å². The predicted molar refractivity (Wildman–Crippen MR) is 79.7 cm³/mol. The summed E-state index contributed by atoms with van der Waals surface area (Å²) in [5.41, 5.74) is 0. The van der Waals surface area contributed by atoms with Crippen LogP contribution in [0.15, 0.2) is 60.7 Å². The summed E-state index contributed by atoms with van der Waals surface area (Å²) < 4.78 is 0. The molecule has 0 atom stereocenters. The van der Waals surface area contributed by atoms with E-state index in [-0.39, 0.29) is 6.25 Å². The third kappa shape index (κ3) is 5.42. The average Bonchev–Trinajstić information content (AvgIpc) is 2.48. The molecule has 2 rings (SSSR count). The molecule has 0 saturated carbocycles. The quantitative estimate of drug-likeness (QED) is 0.571. The van der Waals surface area contributed by atoms with Gasteiger partial charge in [0.25, 0.3) is 0 Å². The maximum absolute atomic E-state index is 3.16. The van der Waals surface area contributed by atoms with Gasteiger partial charge < -0.3 is 0 Å². The zero-order valence-corrected chi connectivity index (χ0v) is 13.5. The first-order valence-corrected chi connectivity index (χ1v) is 9.72. The second-order valence-electron chi connectivity index (χ2n) is 3.93. The summed E-state index contributed by atoms with van der Waals surface area (Å²) in [4.78, 5) is 0. The second-order valence-corrected chi connectivity index (χ2v) is 7.69. The van der Waals surface area contributed by atoms with Crippen LogP contribution in [-0.2, 0) is 17.8 Å². The zero-order chi connectivity index (χ0) is 13.2. The Morgan fingerprint density at radius 3 is 1.33 bits per heavy atom. The van der Waals surface area contributed by atoms with Crippen LogP contribution in [0.3, 0.4) is 0 Å². The third-order valence-corrected chi connectivity index (χ3v) is 6.44. The van der Waals surface area contributed by atoms with E-state index in [9.17, 15) is 0 Å². The fourth-order valence-corrected chi connectivity index (χ4v) is 3.86. The van der Waals surface area contributed by atoms with Crippen LogP contribution >= 0.6 is 6.25 Å². The van der Waals surface area contributed by atoms with Crippen LogP contribution < -0.4 is 10.6 Å². The monoisotopic (exact) mass is 346 g/mol. The third-order valence-electron chi connectivity index (χ3n) is 2.44. The Kier molecular flexibility index (Phi) is 8.14. The van der Waals surface area contributed by atoms with Crippen LogP contribution in [0.2, 0.25) is 0 Å². The van der Waals surface area contributed by atoms with Crippen LogP contribution in [0.1, 0.15) is 26.7 Å². The molecule has 0 aliphatic rings. The molecule has 0 fully saturated rings. The predicted octanol–water partition coefficient (Wildman–Crippen LogP) is 4.39. The van der Waals surface area contributed by atoms with Crippen molar-refractivity contribution in [2.75, 3.05) is 0 Å². The van der Waals surface area contributed by atoms with E-state index in [0.29, 0.717) is 0 Å². The number of hydrogen-bond donors (Lipinski definition) is 0. The van der Waals surface area contributed by atoms with Gasteiger partial charge in [-0.2, -0.15) is 0 Å². The van der Waals surface area contributed by atoms with Crippen molar-refractivity contribution >= 4 is 16.9 Å². The molecule has 0 unspecified atom stereocenters. The van der Waals surface area contributed by atoms with Gasteiger partial charge in [0.05, 0.1) is 0 Å². The van der Waals surface area contributed by atoms with Gasteiger partial charge in [0.2, 0.25) is 0 Å². The van der Waals surface area contributed by atoms with Crippen LogP contribution in [-0.4, -0.2) is 0 Å². The molecule has 0 aromatic heterocycles. The van der Waals surface area contributed by atoms with Crippen LogP contribution in [0.4, 0.5) is 0 Å². The van der Waals surface area contributed by atoms with E-state index in [1.54, 1.807) is 0 Å². The Labute approximate surface area is 122 Å². The van der Waals surface area contributed by atoms with Crippen molar-refractivity contribution in [1.29, 1.82) is 0 Å². The molecule has 2 heteroatoms. The summed E-state index contributed by atoms with van der Waals surface area (Å²) >= 11 is 3.16. The average molecular weight is 346 g/mol. The summed E-state index contributed by atoms with van der Waals surface area (Å²) in [6.45, 7) is 4.36. The van der Waals surface area contributed by atoms with Gasteiger partial charge in [0, 0.05) is 0 Å². The molecule has 0 radical (unpaired) electrons. The summed E-state index contributed by atoms with van der Waals surface area (Å²) in [5, 5.41) is 2.78. The Morgan fingerprint density at radius 1 is 0.722 bits per heavy atom. The minimum absolute atomic E-state index is 0.281. The van der Waals surface area contributed by atoms with Crippen LogP contribution in [0.25, 0.3) is 0 Å². The molecule has 0 nitrogen and oxygen atoms in total. The summed E-state index contributed by atoms with van der Waals surface area (Å²) in [6, 6.07) is 21.2. The normalized spacial score (nSPS) is 9.83. The standard InChI is InChI=1S/C12H10P.C4H10.Rh/c1-3-7-11(8-4-1)13-12-9-5-2-6-10-12;1-3-4-2;/h1-10H;3-4H2,1-2H3;/q-1;;+1. The van der Waals surface area contributed by atoms with E-state index < -0.39 is 0 Å². The number of hydrogen-bond acceptors (Lipinski definition) is 0. The topological polar surface area (TPSA) is 0 Å². The van der Waals surface area contributed by atoms with Gasteiger partial charge in [-0.05, 0) is 0 Å². The Balaban J connectivity index is 0.000000357. The van der Waals surface area contributed by atoms with Crippen molar-refractivity contribution in [3.63, 3.8) is 0 Å². The number of rotatable bonds is 3. The summed E-state index contributed by atoms with van der Waals surface area (Å²) in [5.74, 6) is 0. The first-order valence-electron chi connectivity index (χ1n) is 6.33. The molecule has 0 saturated heterocycles. The van der Waals surface area contributed by atoms with E-state index >= 15 is 0 Å². The summed E-state index contributed by atoms with van der Waals surface area (Å²) in [6.07, 6.45) is 2.36. The van der Waals surface area contributed by atoms with Crippen molar-refractivity contribution < 1.29 is 17.8 Å². The SMILES string of the molecule is CCCC.[Rh][P](c1ccccc1)c1ccccc1. The molecular weight excluding hydrogens is 326 g/mol. The van der Waals surface area contributed by atoms with Gasteiger partial charge in [-0.3, -0.25) is 0 Å². The molecular formula is C16H20PRh. The minimum atomic E-state index is -0.281. The first-order chi connectivity index (χ1) is 8.79. The Morgan fingerprint density at radius 2 is 1.06 bits per heavy atom. The molecule has 0 aliphatic heterocycles. The molecule has 0 bridgehead atoms. The first kappa shape index (κ1) is 15.6. The van der Waals surface area contributed by atoms with E-state index in [1.165, 1.54) is 23.5 Å². The van der Waals surface area contributed by atoms with E-state index in [4.69, 9.17) is 0 Å². The molecule has 0 aliphatic carbocycles. The molecule has 2 aromatic carbocycles. The van der Waals surface area contributed by atoms with Gasteiger partial charge in [-0.25, -0.2) is 0 Å². The fourth-order valence-electron chi connectivity index (χ4n) is 1.25. The molecule has 2 aromatic rings. The Bertz CT molecular complexity index is 372. The van der Waals surface area contributed by atoms with E-state index in [1.807, 2.05) is 0 Å². The molecule has 98 valence electrons. The van der Waals surface area contributed by atoms with Crippen LogP contribution in [0, 0.1) is 0 Å². The molecule has 0 N–H and O–H groups in total. The number of benzene rings is 2.